The lowest BCUT2D eigenvalue weighted by molar-refractivity contribution is 0.0941. The van der Waals surface area contributed by atoms with Crippen molar-refractivity contribution in [3.05, 3.63) is 33.0 Å². The molecule has 0 fully saturated rings. The Bertz CT molecular complexity index is 712. The molecule has 5 nitrogen and oxygen atoms in total. The van der Waals surface area contributed by atoms with Gasteiger partial charge in [0.05, 0.1) is 10.9 Å². The first kappa shape index (κ1) is 14.9. The Kier molecular flexibility index (Phi) is 3.93. The number of nitrogens with one attached hydrogen (secondary N) is 1. The van der Waals surface area contributed by atoms with E-state index < -0.39 is 0 Å². The van der Waals surface area contributed by atoms with Gasteiger partial charge in [0, 0.05) is 17.8 Å². The van der Waals surface area contributed by atoms with Crippen LogP contribution in [0.3, 0.4) is 0 Å². The first-order chi connectivity index (χ1) is 11.2. The van der Waals surface area contributed by atoms with Gasteiger partial charge < -0.3 is 9.88 Å². The van der Waals surface area contributed by atoms with Crippen LogP contribution in [-0.4, -0.2) is 20.7 Å². The molecule has 1 aliphatic carbocycles. The summed E-state index contributed by atoms with van der Waals surface area (Å²) >= 11 is 1.65. The van der Waals surface area contributed by atoms with Crippen LogP contribution in [0.5, 0.6) is 0 Å². The number of aryl methyl sites for hydroxylation is 3. The molecular formula is C17H22N4OS. The van der Waals surface area contributed by atoms with Crippen molar-refractivity contribution in [3.63, 3.8) is 0 Å². The zero-order chi connectivity index (χ0) is 15.8. The molecule has 0 spiro atoms. The minimum Gasteiger partial charge on any atom is -0.342 e. The number of rotatable bonds is 3. The molecule has 3 heterocycles. The zero-order valence-electron chi connectivity index (χ0n) is 13.5. The van der Waals surface area contributed by atoms with E-state index in [0.29, 0.717) is 0 Å². The Hall–Kier alpha value is -1.69. The van der Waals surface area contributed by atoms with Gasteiger partial charge in [0.15, 0.2) is 5.82 Å². The number of fused-ring (bicyclic) bond motifs is 2. The molecule has 2 aromatic rings. The predicted molar refractivity (Wildman–Crippen MR) is 89.8 cm³/mol. The summed E-state index contributed by atoms with van der Waals surface area (Å²) < 4.78 is 2.20. The fraction of sp³-hybridized carbons (Fsp3) is 0.588. The number of carbonyl (C=O) groups is 1. The molecule has 1 atom stereocenters. The Labute approximate surface area is 140 Å². The van der Waals surface area contributed by atoms with Crippen molar-refractivity contribution in [2.24, 2.45) is 0 Å². The monoisotopic (exact) mass is 330 g/mol. The van der Waals surface area contributed by atoms with Crippen molar-refractivity contribution >= 4 is 17.2 Å². The number of thiophene rings is 1. The highest BCUT2D eigenvalue weighted by Gasteiger charge is 2.23. The summed E-state index contributed by atoms with van der Waals surface area (Å²) in [6, 6.07) is 1.96. The molecule has 122 valence electrons. The van der Waals surface area contributed by atoms with Crippen LogP contribution in [0.15, 0.2) is 6.07 Å². The highest BCUT2D eigenvalue weighted by Crippen LogP contribution is 2.30. The lowest BCUT2D eigenvalue weighted by Gasteiger charge is -2.14. The Morgan fingerprint density at radius 3 is 3.00 bits per heavy atom. The summed E-state index contributed by atoms with van der Waals surface area (Å²) in [5.41, 5.74) is 1.36. The van der Waals surface area contributed by atoms with Crippen molar-refractivity contribution < 1.29 is 4.79 Å². The number of aromatic nitrogens is 3. The molecule has 6 heteroatoms. The number of nitrogens with zero attached hydrogens (tertiary/aromatic N) is 3. The highest BCUT2D eigenvalue weighted by molar-refractivity contribution is 7.14. The quantitative estimate of drug-likeness (QED) is 0.941. The van der Waals surface area contributed by atoms with Gasteiger partial charge in [0.1, 0.15) is 5.82 Å². The van der Waals surface area contributed by atoms with Crippen molar-refractivity contribution in [1.82, 2.24) is 20.1 Å². The molecule has 0 saturated carbocycles. The minimum absolute atomic E-state index is 0.0165. The van der Waals surface area contributed by atoms with Crippen molar-refractivity contribution in [2.45, 2.75) is 64.5 Å². The molecule has 0 bridgehead atoms. The van der Waals surface area contributed by atoms with E-state index in [1.807, 2.05) is 6.92 Å². The maximum atomic E-state index is 12.5. The number of carbonyl (C=O) groups excluding carboxylic acids is 1. The van der Waals surface area contributed by atoms with Gasteiger partial charge in [-0.2, -0.15) is 0 Å². The van der Waals surface area contributed by atoms with Crippen LogP contribution in [0, 0.1) is 0 Å². The summed E-state index contributed by atoms with van der Waals surface area (Å²) in [5, 5.41) is 11.8. The van der Waals surface area contributed by atoms with Gasteiger partial charge in [-0.15, -0.1) is 21.5 Å². The van der Waals surface area contributed by atoms with Crippen LogP contribution in [0.25, 0.3) is 0 Å². The molecular weight excluding hydrogens is 308 g/mol. The smallest absolute Gasteiger partial charge is 0.261 e. The van der Waals surface area contributed by atoms with Crippen LogP contribution in [0.1, 0.15) is 70.4 Å². The summed E-state index contributed by atoms with van der Waals surface area (Å²) in [7, 11) is 0. The third-order valence-electron chi connectivity index (χ3n) is 4.84. The molecule has 23 heavy (non-hydrogen) atoms. The lowest BCUT2D eigenvalue weighted by Crippen LogP contribution is -2.28. The SMILES string of the molecule is C[C@@H](NC(=O)c1cc2c(s1)CCC2)c1nnc2n1CCCCC2. The molecule has 1 N–H and O–H groups in total. The fourth-order valence-corrected chi connectivity index (χ4v) is 4.76. The van der Waals surface area contributed by atoms with Crippen molar-refractivity contribution in [3.8, 4) is 0 Å². The van der Waals surface area contributed by atoms with Gasteiger partial charge in [-0.25, -0.2) is 0 Å². The number of amides is 1. The number of hydrogen-bond donors (Lipinski definition) is 1. The second-order valence-corrected chi connectivity index (χ2v) is 7.68. The fourth-order valence-electron chi connectivity index (χ4n) is 3.60. The van der Waals surface area contributed by atoms with Crippen LogP contribution >= 0.6 is 11.3 Å². The van der Waals surface area contributed by atoms with Gasteiger partial charge in [0.2, 0.25) is 0 Å². The van der Waals surface area contributed by atoms with Crippen molar-refractivity contribution in [2.75, 3.05) is 0 Å². The van der Waals surface area contributed by atoms with E-state index in [2.05, 4.69) is 26.1 Å². The van der Waals surface area contributed by atoms with Crippen LogP contribution in [-0.2, 0) is 25.8 Å². The van der Waals surface area contributed by atoms with Gasteiger partial charge in [-0.05, 0) is 50.7 Å². The predicted octanol–water partition coefficient (Wildman–Crippen LogP) is 3.05. The molecule has 1 aliphatic heterocycles. The van der Waals surface area contributed by atoms with E-state index in [1.54, 1.807) is 11.3 Å². The first-order valence-electron chi connectivity index (χ1n) is 8.57. The average molecular weight is 330 g/mol. The maximum Gasteiger partial charge on any atom is 0.261 e. The van der Waals surface area contributed by atoms with Crippen LogP contribution in [0.4, 0.5) is 0 Å². The normalized spacial score (nSPS) is 18.1. The summed E-state index contributed by atoms with van der Waals surface area (Å²) in [6.07, 6.45) is 8.05. The van der Waals surface area contributed by atoms with E-state index in [-0.39, 0.29) is 11.9 Å². The zero-order valence-corrected chi connectivity index (χ0v) is 14.3. The highest BCUT2D eigenvalue weighted by atomic mass is 32.1. The standard InChI is InChI=1S/C17H22N4OS/c1-11(16-20-19-15-8-3-2-4-9-21(15)16)18-17(22)14-10-12-6-5-7-13(12)23-14/h10-11H,2-9H2,1H3,(H,18,22)/t11-/m1/s1. The van der Waals surface area contributed by atoms with E-state index in [4.69, 9.17) is 0 Å². The molecule has 2 aliphatic rings. The van der Waals surface area contributed by atoms with E-state index in [1.165, 1.54) is 29.7 Å². The molecule has 0 radical (unpaired) electrons. The molecule has 0 aromatic carbocycles. The molecule has 0 unspecified atom stereocenters. The minimum atomic E-state index is -0.112. The van der Waals surface area contributed by atoms with Crippen LogP contribution in [0.2, 0.25) is 0 Å². The largest absolute Gasteiger partial charge is 0.342 e. The molecule has 0 saturated heterocycles. The second kappa shape index (κ2) is 6.07. The topological polar surface area (TPSA) is 59.8 Å². The van der Waals surface area contributed by atoms with Gasteiger partial charge in [-0.3, -0.25) is 4.79 Å². The molecule has 2 aromatic heterocycles. The molecule has 1 amide bonds. The van der Waals surface area contributed by atoms with Gasteiger partial charge in [0.25, 0.3) is 5.91 Å². The lowest BCUT2D eigenvalue weighted by atomic mass is 10.2. The Morgan fingerprint density at radius 1 is 1.22 bits per heavy atom. The maximum absolute atomic E-state index is 12.5. The van der Waals surface area contributed by atoms with E-state index >= 15 is 0 Å². The van der Waals surface area contributed by atoms with E-state index in [9.17, 15) is 4.79 Å². The van der Waals surface area contributed by atoms with Crippen molar-refractivity contribution in [1.29, 1.82) is 0 Å². The number of hydrogen-bond acceptors (Lipinski definition) is 4. The van der Waals surface area contributed by atoms with Gasteiger partial charge in [-0.1, -0.05) is 6.42 Å². The summed E-state index contributed by atoms with van der Waals surface area (Å²) in [5.74, 6) is 1.97. The van der Waals surface area contributed by atoms with Crippen LogP contribution < -0.4 is 5.32 Å². The second-order valence-electron chi connectivity index (χ2n) is 6.54. The first-order valence-corrected chi connectivity index (χ1v) is 9.38. The summed E-state index contributed by atoms with van der Waals surface area (Å²) in [6.45, 7) is 2.96. The van der Waals surface area contributed by atoms with Gasteiger partial charge >= 0.3 is 0 Å². The average Bonchev–Trinajstić information content (AvgIpc) is 3.18. The summed E-state index contributed by atoms with van der Waals surface area (Å²) in [4.78, 5) is 14.8. The Morgan fingerprint density at radius 2 is 2.13 bits per heavy atom. The third-order valence-corrected chi connectivity index (χ3v) is 6.08. The molecule has 4 rings (SSSR count). The third kappa shape index (κ3) is 2.80. The Balaban J connectivity index is 1.50. The van der Waals surface area contributed by atoms with E-state index in [0.717, 1.165) is 48.8 Å².